The Kier molecular flexibility index (Phi) is 6.22. The lowest BCUT2D eigenvalue weighted by Gasteiger charge is -2.18. The van der Waals surface area contributed by atoms with Gasteiger partial charge in [0.05, 0.1) is 24.7 Å². The summed E-state index contributed by atoms with van der Waals surface area (Å²) in [6.07, 6.45) is 2.67. The molecule has 3 N–H and O–H groups in total. The van der Waals surface area contributed by atoms with Crippen molar-refractivity contribution in [3.05, 3.63) is 42.5 Å². The minimum atomic E-state index is -0.663. The van der Waals surface area contributed by atoms with Crippen LogP contribution in [-0.2, 0) is 9.53 Å². The Labute approximate surface area is 183 Å². The van der Waals surface area contributed by atoms with Gasteiger partial charge in [-0.25, -0.2) is 19.3 Å². The van der Waals surface area contributed by atoms with Gasteiger partial charge in [-0.1, -0.05) is 0 Å². The lowest BCUT2D eigenvalue weighted by molar-refractivity contribution is -0.118. The summed E-state index contributed by atoms with van der Waals surface area (Å²) >= 11 is 0. The molecule has 1 aliphatic heterocycles. The molecular formula is C20H21FN8O3. The van der Waals surface area contributed by atoms with Gasteiger partial charge < -0.3 is 30.3 Å². The number of methoxy groups -OCH3 is 1. The number of aromatic nitrogens is 4. The predicted octanol–water partition coefficient (Wildman–Crippen LogP) is 2.31. The Morgan fingerprint density at radius 3 is 2.84 bits per heavy atom. The quantitative estimate of drug-likeness (QED) is 0.480. The van der Waals surface area contributed by atoms with Crippen LogP contribution in [0.3, 0.4) is 0 Å². The van der Waals surface area contributed by atoms with E-state index in [1.165, 1.54) is 0 Å². The summed E-state index contributed by atoms with van der Waals surface area (Å²) in [4.78, 5) is 30.2. The minimum absolute atomic E-state index is 0.0731. The SMILES string of the molecule is COCCN(C)c1ccc(Nc2ncc(F)c(Nc3ccc4c(n3)NC(=O)CO4)n2)cn1. The molecule has 3 aromatic rings. The molecule has 0 atom stereocenters. The molecule has 32 heavy (non-hydrogen) atoms. The normalized spacial score (nSPS) is 12.4. The number of ether oxygens (including phenoxy) is 2. The molecule has 0 spiro atoms. The maximum Gasteiger partial charge on any atom is 0.263 e. The lowest BCUT2D eigenvalue weighted by Crippen LogP contribution is -2.26. The van der Waals surface area contributed by atoms with Crippen molar-refractivity contribution in [1.29, 1.82) is 0 Å². The zero-order valence-corrected chi connectivity index (χ0v) is 17.4. The second-order valence-electron chi connectivity index (χ2n) is 6.84. The van der Waals surface area contributed by atoms with E-state index in [9.17, 15) is 9.18 Å². The van der Waals surface area contributed by atoms with Gasteiger partial charge in [-0.3, -0.25) is 4.79 Å². The van der Waals surface area contributed by atoms with E-state index < -0.39 is 5.82 Å². The first-order valence-corrected chi connectivity index (χ1v) is 9.68. The zero-order valence-electron chi connectivity index (χ0n) is 17.4. The van der Waals surface area contributed by atoms with Gasteiger partial charge >= 0.3 is 0 Å². The maximum absolute atomic E-state index is 14.3. The Hall–Kier alpha value is -4.06. The van der Waals surface area contributed by atoms with Crippen molar-refractivity contribution in [1.82, 2.24) is 19.9 Å². The molecule has 0 aliphatic carbocycles. The Morgan fingerprint density at radius 1 is 1.19 bits per heavy atom. The number of likely N-dealkylation sites (N-methyl/N-ethyl adjacent to an activating group) is 1. The van der Waals surface area contributed by atoms with Crippen molar-refractivity contribution in [2.45, 2.75) is 0 Å². The summed E-state index contributed by atoms with van der Waals surface area (Å²) in [5, 5.41) is 8.38. The molecule has 11 nitrogen and oxygen atoms in total. The minimum Gasteiger partial charge on any atom is -0.480 e. The van der Waals surface area contributed by atoms with Gasteiger partial charge in [0, 0.05) is 20.7 Å². The molecule has 0 saturated heterocycles. The molecule has 0 bridgehead atoms. The summed E-state index contributed by atoms with van der Waals surface area (Å²) in [7, 11) is 3.57. The first-order chi connectivity index (χ1) is 15.5. The Bertz CT molecular complexity index is 1110. The smallest absolute Gasteiger partial charge is 0.263 e. The van der Waals surface area contributed by atoms with Crippen molar-refractivity contribution >= 4 is 40.8 Å². The van der Waals surface area contributed by atoms with Crippen molar-refractivity contribution in [3.63, 3.8) is 0 Å². The number of fused-ring (bicyclic) bond motifs is 1. The third-order valence-corrected chi connectivity index (χ3v) is 4.49. The highest BCUT2D eigenvalue weighted by atomic mass is 19.1. The van der Waals surface area contributed by atoms with Gasteiger partial charge in [0.25, 0.3) is 5.91 Å². The molecule has 0 radical (unpaired) electrons. The predicted molar refractivity (Wildman–Crippen MR) is 116 cm³/mol. The van der Waals surface area contributed by atoms with E-state index in [0.29, 0.717) is 24.6 Å². The number of anilines is 6. The molecule has 12 heteroatoms. The van der Waals surface area contributed by atoms with Gasteiger partial charge in [0.1, 0.15) is 11.6 Å². The second kappa shape index (κ2) is 9.39. The summed E-state index contributed by atoms with van der Waals surface area (Å²) in [5.41, 5.74) is 0.637. The first kappa shape index (κ1) is 21.2. The fourth-order valence-electron chi connectivity index (χ4n) is 2.83. The number of carbonyl (C=O) groups is 1. The van der Waals surface area contributed by atoms with E-state index in [1.54, 1.807) is 25.4 Å². The fourth-order valence-corrected chi connectivity index (χ4v) is 2.83. The van der Waals surface area contributed by atoms with Gasteiger partial charge in [-0.2, -0.15) is 4.98 Å². The molecule has 0 fully saturated rings. The molecule has 4 heterocycles. The standard InChI is InChI=1S/C20H21FN8O3/c1-29(7-8-31-2)16-6-3-12(9-22-16)24-20-23-10-13(21)18(28-20)25-15-5-4-14-19(26-15)27-17(30)11-32-14/h3-6,9-10H,7-8,11H2,1-2H3,(H3,23,24,25,26,27,28,30). The lowest BCUT2D eigenvalue weighted by atomic mass is 10.3. The Morgan fingerprint density at radius 2 is 2.06 bits per heavy atom. The van der Waals surface area contributed by atoms with Crippen LogP contribution in [0, 0.1) is 5.82 Å². The molecule has 1 amide bonds. The topological polar surface area (TPSA) is 126 Å². The van der Waals surface area contributed by atoms with Crippen LogP contribution in [0.5, 0.6) is 5.75 Å². The highest BCUT2D eigenvalue weighted by Crippen LogP contribution is 2.28. The third-order valence-electron chi connectivity index (χ3n) is 4.49. The molecule has 0 unspecified atom stereocenters. The van der Waals surface area contributed by atoms with Crippen LogP contribution in [0.1, 0.15) is 0 Å². The number of rotatable bonds is 8. The zero-order chi connectivity index (χ0) is 22.5. The molecule has 4 rings (SSSR count). The van der Waals surface area contributed by atoms with E-state index in [4.69, 9.17) is 9.47 Å². The second-order valence-corrected chi connectivity index (χ2v) is 6.84. The summed E-state index contributed by atoms with van der Waals surface area (Å²) in [5.74, 6) is 0.862. The molecule has 0 saturated carbocycles. The van der Waals surface area contributed by atoms with E-state index in [0.717, 1.165) is 12.0 Å². The van der Waals surface area contributed by atoms with Gasteiger partial charge in [0.15, 0.2) is 29.8 Å². The van der Waals surface area contributed by atoms with Crippen molar-refractivity contribution in [2.75, 3.05) is 54.8 Å². The average molecular weight is 440 g/mol. The number of pyridine rings is 2. The van der Waals surface area contributed by atoms with Crippen molar-refractivity contribution in [3.8, 4) is 5.75 Å². The summed E-state index contributed by atoms with van der Waals surface area (Å²) < 4.78 is 24.6. The number of nitrogens with zero attached hydrogens (tertiary/aromatic N) is 5. The van der Waals surface area contributed by atoms with Crippen molar-refractivity contribution in [2.24, 2.45) is 0 Å². The number of nitrogens with one attached hydrogen (secondary N) is 3. The van der Waals surface area contributed by atoms with Gasteiger partial charge in [0.2, 0.25) is 5.95 Å². The first-order valence-electron chi connectivity index (χ1n) is 9.68. The van der Waals surface area contributed by atoms with Crippen LogP contribution in [0.25, 0.3) is 0 Å². The van der Waals surface area contributed by atoms with Crippen LogP contribution >= 0.6 is 0 Å². The van der Waals surface area contributed by atoms with Gasteiger partial charge in [-0.05, 0) is 24.3 Å². The monoisotopic (exact) mass is 440 g/mol. The molecule has 0 aromatic carbocycles. The van der Waals surface area contributed by atoms with Crippen LogP contribution in [0.15, 0.2) is 36.7 Å². The van der Waals surface area contributed by atoms with Crippen LogP contribution < -0.4 is 25.6 Å². The number of carbonyl (C=O) groups excluding carboxylic acids is 1. The summed E-state index contributed by atoms with van der Waals surface area (Å²) in [6.45, 7) is 1.23. The number of halogens is 1. The molecule has 166 valence electrons. The highest BCUT2D eigenvalue weighted by Gasteiger charge is 2.18. The molecular weight excluding hydrogens is 419 g/mol. The molecule has 3 aromatic heterocycles. The third kappa shape index (κ3) is 4.98. The van der Waals surface area contributed by atoms with Crippen LogP contribution in [0.2, 0.25) is 0 Å². The number of hydrogen-bond donors (Lipinski definition) is 3. The summed E-state index contributed by atoms with van der Waals surface area (Å²) in [6, 6.07) is 6.88. The van der Waals surface area contributed by atoms with E-state index >= 15 is 0 Å². The largest absolute Gasteiger partial charge is 0.480 e. The number of hydrogen-bond acceptors (Lipinski definition) is 10. The van der Waals surface area contributed by atoms with E-state index in [-0.39, 0.29) is 35.9 Å². The Balaban J connectivity index is 1.46. The van der Waals surface area contributed by atoms with Crippen molar-refractivity contribution < 1.29 is 18.7 Å². The number of amides is 1. The van der Waals surface area contributed by atoms with E-state index in [1.807, 2.05) is 24.1 Å². The van der Waals surface area contributed by atoms with Crippen LogP contribution in [-0.4, -0.2) is 59.8 Å². The highest BCUT2D eigenvalue weighted by molar-refractivity contribution is 5.94. The fraction of sp³-hybridized carbons (Fsp3) is 0.250. The molecule has 1 aliphatic rings. The van der Waals surface area contributed by atoms with E-state index in [2.05, 4.69) is 35.9 Å². The maximum atomic E-state index is 14.3. The van der Waals surface area contributed by atoms with Gasteiger partial charge in [-0.15, -0.1) is 0 Å². The average Bonchev–Trinajstić information content (AvgIpc) is 2.80. The van der Waals surface area contributed by atoms with Crippen LogP contribution in [0.4, 0.5) is 39.3 Å².